The van der Waals surface area contributed by atoms with Crippen molar-refractivity contribution in [3.63, 3.8) is 0 Å². The molecule has 0 amide bonds. The summed E-state index contributed by atoms with van der Waals surface area (Å²) in [7, 11) is -4.02. The maximum absolute atomic E-state index is 12.7. The third kappa shape index (κ3) is 3.40. The Bertz CT molecular complexity index is 843. The molecule has 0 aliphatic rings. The molecule has 0 atom stereocenters. The van der Waals surface area contributed by atoms with Crippen LogP contribution in [0, 0.1) is 13.8 Å². The highest BCUT2D eigenvalue weighted by atomic mass is 32.2. The Kier molecular flexibility index (Phi) is 4.24. The molecule has 120 valence electrons. The zero-order valence-corrected chi connectivity index (χ0v) is 13.2. The van der Waals surface area contributed by atoms with Crippen LogP contribution >= 0.6 is 0 Å². The number of rotatable bonds is 4. The van der Waals surface area contributed by atoms with Crippen LogP contribution in [0.2, 0.25) is 0 Å². The Morgan fingerprint density at radius 2 is 1.09 bits per heavy atom. The molecular weight excluding hydrogens is 320 g/mol. The van der Waals surface area contributed by atoms with Gasteiger partial charge in [0.1, 0.15) is 0 Å². The molecule has 0 radical (unpaired) electrons. The lowest BCUT2D eigenvalue weighted by molar-refractivity contribution is 0.0685. The number of benzene rings is 2. The van der Waals surface area contributed by atoms with Crippen LogP contribution in [-0.2, 0) is 9.84 Å². The molecule has 0 heterocycles. The monoisotopic (exact) mass is 334 g/mol. The quantitative estimate of drug-likeness (QED) is 0.889. The number of aryl methyl sites for hydroxylation is 2. The molecule has 2 aromatic carbocycles. The molecule has 0 saturated heterocycles. The van der Waals surface area contributed by atoms with Gasteiger partial charge in [-0.3, -0.25) is 0 Å². The third-order valence-electron chi connectivity index (χ3n) is 3.22. The average Bonchev–Trinajstić information content (AvgIpc) is 2.45. The van der Waals surface area contributed by atoms with Crippen LogP contribution in [0.3, 0.4) is 0 Å². The van der Waals surface area contributed by atoms with Crippen LogP contribution in [0.4, 0.5) is 0 Å². The van der Waals surface area contributed by atoms with Crippen LogP contribution in [0.1, 0.15) is 31.8 Å². The summed E-state index contributed by atoms with van der Waals surface area (Å²) in [6, 6.07) is 7.55. The fraction of sp³-hybridized carbons (Fsp3) is 0.125. The van der Waals surface area contributed by atoms with E-state index in [1.165, 1.54) is 24.3 Å². The molecule has 0 unspecified atom stereocenters. The van der Waals surface area contributed by atoms with E-state index in [1.807, 2.05) is 0 Å². The minimum absolute atomic E-state index is 0.144. The molecule has 2 aromatic rings. The first-order valence-corrected chi connectivity index (χ1v) is 8.04. The molecule has 0 fully saturated rings. The molecule has 0 saturated carbocycles. The minimum atomic E-state index is -4.02. The summed E-state index contributed by atoms with van der Waals surface area (Å²) < 4.78 is 25.4. The van der Waals surface area contributed by atoms with Crippen molar-refractivity contribution in [3.8, 4) is 0 Å². The zero-order chi connectivity index (χ0) is 17.4. The highest BCUT2D eigenvalue weighted by molar-refractivity contribution is 7.91. The SMILES string of the molecule is Cc1cc(C(=O)O)cc(S(=O)(=O)c2cc(C)cc(C(=O)O)c2)c1. The van der Waals surface area contributed by atoms with Gasteiger partial charge in [0, 0.05) is 0 Å². The second-order valence-corrected chi connectivity index (χ2v) is 7.13. The van der Waals surface area contributed by atoms with Gasteiger partial charge < -0.3 is 10.2 Å². The number of aromatic carboxylic acids is 2. The molecule has 0 aromatic heterocycles. The second-order valence-electron chi connectivity index (χ2n) is 5.18. The Morgan fingerprint density at radius 1 is 0.739 bits per heavy atom. The fourth-order valence-electron chi connectivity index (χ4n) is 2.19. The van der Waals surface area contributed by atoms with E-state index < -0.39 is 21.8 Å². The number of sulfone groups is 1. The smallest absolute Gasteiger partial charge is 0.335 e. The van der Waals surface area contributed by atoms with Crippen molar-refractivity contribution in [2.45, 2.75) is 23.6 Å². The van der Waals surface area contributed by atoms with Gasteiger partial charge in [-0.1, -0.05) is 0 Å². The van der Waals surface area contributed by atoms with Crippen LogP contribution in [0.5, 0.6) is 0 Å². The fourth-order valence-corrected chi connectivity index (χ4v) is 3.71. The normalized spacial score (nSPS) is 11.2. The first kappa shape index (κ1) is 16.7. The van der Waals surface area contributed by atoms with Gasteiger partial charge >= 0.3 is 11.9 Å². The lowest BCUT2D eigenvalue weighted by Gasteiger charge is -2.09. The van der Waals surface area contributed by atoms with Gasteiger partial charge in [0.15, 0.2) is 0 Å². The Morgan fingerprint density at radius 3 is 1.39 bits per heavy atom. The first-order valence-electron chi connectivity index (χ1n) is 6.56. The van der Waals surface area contributed by atoms with Crippen LogP contribution in [0.15, 0.2) is 46.2 Å². The largest absolute Gasteiger partial charge is 0.478 e. The van der Waals surface area contributed by atoms with Crippen LogP contribution in [0.25, 0.3) is 0 Å². The van der Waals surface area contributed by atoms with Gasteiger partial charge in [-0.2, -0.15) is 0 Å². The van der Waals surface area contributed by atoms with Crippen molar-refractivity contribution in [1.82, 2.24) is 0 Å². The summed E-state index contributed by atoms with van der Waals surface area (Å²) in [4.78, 5) is 21.8. The average molecular weight is 334 g/mol. The second kappa shape index (κ2) is 5.85. The molecule has 7 heteroatoms. The lowest BCUT2D eigenvalue weighted by Crippen LogP contribution is -2.07. The summed E-state index contributed by atoms with van der Waals surface area (Å²) in [5.74, 6) is -2.47. The van der Waals surface area contributed by atoms with Crippen molar-refractivity contribution < 1.29 is 28.2 Å². The molecular formula is C16H14O6S. The number of carbonyl (C=O) groups is 2. The van der Waals surface area contributed by atoms with Crippen molar-refractivity contribution >= 4 is 21.8 Å². The van der Waals surface area contributed by atoms with E-state index in [1.54, 1.807) is 13.8 Å². The van der Waals surface area contributed by atoms with Gasteiger partial charge in [0.05, 0.1) is 20.9 Å². The van der Waals surface area contributed by atoms with Gasteiger partial charge in [0.2, 0.25) is 9.84 Å². The van der Waals surface area contributed by atoms with Crippen LogP contribution < -0.4 is 0 Å². The van der Waals surface area contributed by atoms with Gasteiger partial charge in [-0.15, -0.1) is 0 Å². The van der Waals surface area contributed by atoms with Crippen molar-refractivity contribution in [2.75, 3.05) is 0 Å². The summed E-state index contributed by atoms with van der Waals surface area (Å²) in [5, 5.41) is 18.1. The standard InChI is InChI=1S/C16H14O6S/c1-9-3-11(15(17)18)7-13(5-9)23(21,22)14-6-10(2)4-12(8-14)16(19)20/h3-8H,1-2H3,(H,17,18)(H,19,20). The van der Waals surface area contributed by atoms with Crippen molar-refractivity contribution in [3.05, 3.63) is 58.7 Å². The molecule has 0 spiro atoms. The number of carboxylic acid groups (broad SMARTS) is 2. The van der Waals surface area contributed by atoms with E-state index in [4.69, 9.17) is 10.2 Å². The van der Waals surface area contributed by atoms with Crippen molar-refractivity contribution in [1.29, 1.82) is 0 Å². The van der Waals surface area contributed by atoms with E-state index in [-0.39, 0.29) is 20.9 Å². The minimum Gasteiger partial charge on any atom is -0.478 e. The highest BCUT2D eigenvalue weighted by Crippen LogP contribution is 2.25. The highest BCUT2D eigenvalue weighted by Gasteiger charge is 2.22. The Labute approximate surface area is 132 Å². The maximum Gasteiger partial charge on any atom is 0.335 e. The predicted molar refractivity (Wildman–Crippen MR) is 81.7 cm³/mol. The van der Waals surface area contributed by atoms with Gasteiger partial charge in [-0.05, 0) is 61.4 Å². The molecule has 2 rings (SSSR count). The van der Waals surface area contributed by atoms with E-state index in [0.29, 0.717) is 11.1 Å². The number of carboxylic acids is 2. The molecule has 6 nitrogen and oxygen atoms in total. The topological polar surface area (TPSA) is 109 Å². The van der Waals surface area contributed by atoms with E-state index in [2.05, 4.69) is 0 Å². The van der Waals surface area contributed by atoms with E-state index >= 15 is 0 Å². The summed E-state index contributed by atoms with van der Waals surface area (Å²) >= 11 is 0. The van der Waals surface area contributed by atoms with Crippen LogP contribution in [-0.4, -0.2) is 30.6 Å². The van der Waals surface area contributed by atoms with Gasteiger partial charge in [0.25, 0.3) is 0 Å². The maximum atomic E-state index is 12.7. The van der Waals surface area contributed by atoms with E-state index in [0.717, 1.165) is 12.1 Å². The zero-order valence-electron chi connectivity index (χ0n) is 12.4. The third-order valence-corrected chi connectivity index (χ3v) is 4.93. The summed E-state index contributed by atoms with van der Waals surface area (Å²) in [5.41, 5.74) is 0.675. The lowest BCUT2D eigenvalue weighted by atomic mass is 10.1. The number of hydrogen-bond donors (Lipinski definition) is 2. The summed E-state index contributed by atoms with van der Waals surface area (Å²) in [6.45, 7) is 3.18. The number of hydrogen-bond acceptors (Lipinski definition) is 4. The Hall–Kier alpha value is -2.67. The molecule has 23 heavy (non-hydrogen) atoms. The van der Waals surface area contributed by atoms with Gasteiger partial charge in [-0.25, -0.2) is 18.0 Å². The van der Waals surface area contributed by atoms with E-state index in [9.17, 15) is 18.0 Å². The molecule has 2 N–H and O–H groups in total. The summed E-state index contributed by atoms with van der Waals surface area (Å²) in [6.07, 6.45) is 0. The molecule has 0 aliphatic carbocycles. The predicted octanol–water partition coefficient (Wildman–Crippen LogP) is 2.53. The van der Waals surface area contributed by atoms with Crippen molar-refractivity contribution in [2.24, 2.45) is 0 Å². The molecule has 0 aliphatic heterocycles. The Balaban J connectivity index is 2.68. The first-order chi connectivity index (χ1) is 10.6. The molecule has 0 bridgehead atoms.